The molecule has 0 bridgehead atoms. The average molecular weight is 252 g/mol. The summed E-state index contributed by atoms with van der Waals surface area (Å²) in [5.41, 5.74) is 7.76. The second-order valence-electron chi connectivity index (χ2n) is 4.76. The first-order valence-corrected chi connectivity index (χ1v) is 6.50. The first kappa shape index (κ1) is 14.7. The van der Waals surface area contributed by atoms with Gasteiger partial charge >= 0.3 is 0 Å². The zero-order chi connectivity index (χ0) is 13.7. The predicted molar refractivity (Wildman–Crippen MR) is 72.0 cm³/mol. The molecular formula is C13H24N4O. The summed E-state index contributed by atoms with van der Waals surface area (Å²) in [7, 11) is 1.90. The number of rotatable bonds is 6. The molecule has 0 fully saturated rings. The van der Waals surface area contributed by atoms with Gasteiger partial charge < -0.3 is 11.1 Å². The van der Waals surface area contributed by atoms with Crippen molar-refractivity contribution in [3.8, 4) is 0 Å². The lowest BCUT2D eigenvalue weighted by molar-refractivity contribution is -0.125. The summed E-state index contributed by atoms with van der Waals surface area (Å²) in [5, 5.41) is 7.20. The Morgan fingerprint density at radius 3 is 2.72 bits per heavy atom. The zero-order valence-corrected chi connectivity index (χ0v) is 11.7. The number of nitrogens with one attached hydrogen (secondary N) is 1. The number of aryl methyl sites for hydroxylation is 1. The average Bonchev–Trinajstić information content (AvgIpc) is 2.66. The quantitative estimate of drug-likeness (QED) is 0.801. The second-order valence-corrected chi connectivity index (χ2v) is 4.76. The largest absolute Gasteiger partial charge is 0.349 e. The van der Waals surface area contributed by atoms with Crippen LogP contribution in [0.1, 0.15) is 44.0 Å². The SMILES string of the molecule is CCCC(CN)C(=O)NC(C)c1cnn(C)c1C. The maximum Gasteiger partial charge on any atom is 0.224 e. The van der Waals surface area contributed by atoms with E-state index < -0.39 is 0 Å². The smallest absolute Gasteiger partial charge is 0.224 e. The highest BCUT2D eigenvalue weighted by atomic mass is 16.1. The Bertz CT molecular complexity index is 400. The van der Waals surface area contributed by atoms with Gasteiger partial charge in [0.05, 0.1) is 18.2 Å². The van der Waals surface area contributed by atoms with Gasteiger partial charge in [-0.1, -0.05) is 13.3 Å². The molecule has 2 atom stereocenters. The van der Waals surface area contributed by atoms with E-state index in [9.17, 15) is 4.79 Å². The Balaban J connectivity index is 2.67. The van der Waals surface area contributed by atoms with E-state index >= 15 is 0 Å². The third-order valence-corrected chi connectivity index (χ3v) is 3.39. The number of carbonyl (C=O) groups excluding carboxylic acids is 1. The second kappa shape index (κ2) is 6.54. The summed E-state index contributed by atoms with van der Waals surface area (Å²) in [5.74, 6) is -0.0514. The highest BCUT2D eigenvalue weighted by molar-refractivity contribution is 5.79. The minimum absolute atomic E-state index is 0.0305. The van der Waals surface area contributed by atoms with Gasteiger partial charge in [-0.05, 0) is 20.3 Å². The summed E-state index contributed by atoms with van der Waals surface area (Å²) in [6, 6.07) is -0.0305. The summed E-state index contributed by atoms with van der Waals surface area (Å²) in [4.78, 5) is 12.0. The molecule has 3 N–H and O–H groups in total. The van der Waals surface area contributed by atoms with Gasteiger partial charge in [0.1, 0.15) is 0 Å². The number of amides is 1. The molecule has 1 aromatic heterocycles. The van der Waals surface area contributed by atoms with Crippen molar-refractivity contribution in [2.24, 2.45) is 18.7 Å². The molecule has 0 aromatic carbocycles. The van der Waals surface area contributed by atoms with Crippen molar-refractivity contribution in [1.29, 1.82) is 0 Å². The van der Waals surface area contributed by atoms with Crippen LogP contribution < -0.4 is 11.1 Å². The first-order valence-electron chi connectivity index (χ1n) is 6.50. The molecule has 5 nitrogen and oxygen atoms in total. The van der Waals surface area contributed by atoms with Crippen LogP contribution in [0.15, 0.2) is 6.20 Å². The van der Waals surface area contributed by atoms with Gasteiger partial charge in [0.2, 0.25) is 5.91 Å². The number of hydrogen-bond acceptors (Lipinski definition) is 3. The number of aromatic nitrogens is 2. The molecule has 18 heavy (non-hydrogen) atoms. The molecular weight excluding hydrogens is 228 g/mol. The normalized spacial score (nSPS) is 14.3. The molecule has 0 saturated carbocycles. The Morgan fingerprint density at radius 2 is 2.28 bits per heavy atom. The standard InChI is InChI=1S/C13H24N4O/c1-5-6-11(7-14)13(18)16-9(2)12-8-15-17(4)10(12)3/h8-9,11H,5-7,14H2,1-4H3,(H,16,18). The molecule has 0 aliphatic heterocycles. The van der Waals surface area contributed by atoms with Crippen LogP contribution >= 0.6 is 0 Å². The first-order chi connectivity index (χ1) is 8.51. The van der Waals surface area contributed by atoms with Gasteiger partial charge in [-0.15, -0.1) is 0 Å². The molecule has 0 spiro atoms. The van der Waals surface area contributed by atoms with Crippen molar-refractivity contribution in [1.82, 2.24) is 15.1 Å². The molecule has 0 radical (unpaired) electrons. The van der Waals surface area contributed by atoms with Crippen LogP contribution in [0, 0.1) is 12.8 Å². The molecule has 0 saturated heterocycles. The maximum absolute atomic E-state index is 12.0. The predicted octanol–water partition coefficient (Wildman–Crippen LogP) is 1.28. The van der Waals surface area contributed by atoms with Crippen LogP contribution in [0.5, 0.6) is 0 Å². The van der Waals surface area contributed by atoms with Crippen molar-refractivity contribution >= 4 is 5.91 Å². The van der Waals surface area contributed by atoms with Crippen LogP contribution in [0.4, 0.5) is 0 Å². The number of hydrogen-bond donors (Lipinski definition) is 2. The van der Waals surface area contributed by atoms with Crippen molar-refractivity contribution < 1.29 is 4.79 Å². The van der Waals surface area contributed by atoms with Crippen LogP contribution in [0.25, 0.3) is 0 Å². The lowest BCUT2D eigenvalue weighted by atomic mass is 10.0. The van der Waals surface area contributed by atoms with Gasteiger partial charge in [-0.25, -0.2) is 0 Å². The minimum atomic E-state index is -0.0885. The van der Waals surface area contributed by atoms with Crippen molar-refractivity contribution in [2.75, 3.05) is 6.54 Å². The van der Waals surface area contributed by atoms with Gasteiger partial charge in [-0.3, -0.25) is 9.48 Å². The fourth-order valence-electron chi connectivity index (χ4n) is 2.05. The molecule has 1 aromatic rings. The van der Waals surface area contributed by atoms with E-state index in [4.69, 9.17) is 5.73 Å². The van der Waals surface area contributed by atoms with Crippen LogP contribution in [-0.2, 0) is 11.8 Å². The van der Waals surface area contributed by atoms with Crippen LogP contribution in [0.3, 0.4) is 0 Å². The van der Waals surface area contributed by atoms with Crippen LogP contribution in [-0.4, -0.2) is 22.2 Å². The van der Waals surface area contributed by atoms with Crippen molar-refractivity contribution in [3.63, 3.8) is 0 Å². The third-order valence-electron chi connectivity index (χ3n) is 3.39. The van der Waals surface area contributed by atoms with E-state index in [0.29, 0.717) is 6.54 Å². The summed E-state index contributed by atoms with van der Waals surface area (Å²) < 4.78 is 1.81. The van der Waals surface area contributed by atoms with E-state index in [1.807, 2.05) is 25.6 Å². The summed E-state index contributed by atoms with van der Waals surface area (Å²) in [6.45, 7) is 6.43. The number of nitrogens with two attached hydrogens (primary N) is 1. The van der Waals surface area contributed by atoms with Gasteiger partial charge in [0.15, 0.2) is 0 Å². The maximum atomic E-state index is 12.0. The molecule has 102 valence electrons. The van der Waals surface area contributed by atoms with Crippen molar-refractivity contribution in [3.05, 3.63) is 17.5 Å². The Kier molecular flexibility index (Phi) is 5.34. The molecule has 0 aliphatic carbocycles. The summed E-state index contributed by atoms with van der Waals surface area (Å²) in [6.07, 6.45) is 3.61. The monoisotopic (exact) mass is 252 g/mol. The Labute approximate surface area is 109 Å². The zero-order valence-electron chi connectivity index (χ0n) is 11.7. The molecule has 0 aliphatic rings. The highest BCUT2D eigenvalue weighted by Crippen LogP contribution is 2.17. The Morgan fingerprint density at radius 1 is 1.61 bits per heavy atom. The number of carbonyl (C=O) groups is 1. The Hall–Kier alpha value is -1.36. The fourth-order valence-corrected chi connectivity index (χ4v) is 2.05. The highest BCUT2D eigenvalue weighted by Gasteiger charge is 2.20. The third kappa shape index (κ3) is 3.32. The van der Waals surface area contributed by atoms with Gasteiger partial charge in [0.25, 0.3) is 0 Å². The van der Waals surface area contributed by atoms with Crippen LogP contribution in [0.2, 0.25) is 0 Å². The van der Waals surface area contributed by atoms with E-state index in [1.165, 1.54) is 0 Å². The minimum Gasteiger partial charge on any atom is -0.349 e. The summed E-state index contributed by atoms with van der Waals surface area (Å²) >= 11 is 0. The molecule has 2 unspecified atom stereocenters. The van der Waals surface area contributed by atoms with E-state index in [-0.39, 0.29) is 17.9 Å². The van der Waals surface area contributed by atoms with Crippen molar-refractivity contribution in [2.45, 2.75) is 39.7 Å². The number of nitrogens with zero attached hydrogens (tertiary/aromatic N) is 2. The topological polar surface area (TPSA) is 72.9 Å². The van der Waals surface area contributed by atoms with Gasteiger partial charge in [-0.2, -0.15) is 5.10 Å². The lowest BCUT2D eigenvalue weighted by Gasteiger charge is -2.18. The molecule has 1 heterocycles. The van der Waals surface area contributed by atoms with Gasteiger partial charge in [0, 0.05) is 24.8 Å². The molecule has 5 heteroatoms. The van der Waals surface area contributed by atoms with E-state index in [1.54, 1.807) is 6.20 Å². The fraction of sp³-hybridized carbons (Fsp3) is 0.692. The molecule has 1 amide bonds. The lowest BCUT2D eigenvalue weighted by Crippen LogP contribution is -2.36. The van der Waals surface area contributed by atoms with E-state index in [2.05, 4.69) is 17.3 Å². The molecule has 1 rings (SSSR count). The van der Waals surface area contributed by atoms with E-state index in [0.717, 1.165) is 24.1 Å².